The van der Waals surface area contributed by atoms with Crippen LogP contribution < -0.4 is 5.32 Å². The molecule has 0 spiro atoms. The van der Waals surface area contributed by atoms with Crippen LogP contribution in [0.4, 0.5) is 0 Å². The first kappa shape index (κ1) is 16.0. The first-order chi connectivity index (χ1) is 10.8. The predicted octanol–water partition coefficient (Wildman–Crippen LogP) is 2.75. The Balaban J connectivity index is 1.49. The number of hydrogen-bond donors (Lipinski definition) is 2. The van der Waals surface area contributed by atoms with Crippen LogP contribution in [0.25, 0.3) is 0 Å². The van der Waals surface area contributed by atoms with Crippen LogP contribution in [0.3, 0.4) is 0 Å². The van der Waals surface area contributed by atoms with E-state index < -0.39 is 0 Å². The van der Waals surface area contributed by atoms with E-state index in [4.69, 9.17) is 0 Å². The Labute approximate surface area is 134 Å². The van der Waals surface area contributed by atoms with Gasteiger partial charge in [0, 0.05) is 12.6 Å². The lowest BCUT2D eigenvalue weighted by molar-refractivity contribution is 0.167. The molecular formula is C19H30N2O. The normalized spacial score (nSPS) is 21.9. The fourth-order valence-electron chi connectivity index (χ4n) is 3.47. The number of aryl methyl sites for hydroxylation is 1. The highest BCUT2D eigenvalue weighted by Gasteiger charge is 2.27. The van der Waals surface area contributed by atoms with Gasteiger partial charge in [0.05, 0.1) is 12.6 Å². The number of likely N-dealkylation sites (tertiary alicyclic amines) is 1. The van der Waals surface area contributed by atoms with Crippen LogP contribution in [0, 0.1) is 5.92 Å². The molecule has 3 nitrogen and oxygen atoms in total. The van der Waals surface area contributed by atoms with Crippen LogP contribution in [-0.2, 0) is 6.42 Å². The van der Waals surface area contributed by atoms with Gasteiger partial charge >= 0.3 is 0 Å². The number of benzene rings is 1. The zero-order valence-electron chi connectivity index (χ0n) is 13.8. The van der Waals surface area contributed by atoms with Crippen molar-refractivity contribution in [2.75, 3.05) is 26.2 Å². The van der Waals surface area contributed by atoms with Crippen LogP contribution >= 0.6 is 0 Å². The highest BCUT2D eigenvalue weighted by Crippen LogP contribution is 2.30. The summed E-state index contributed by atoms with van der Waals surface area (Å²) in [5.41, 5.74) is 2.56. The topological polar surface area (TPSA) is 35.5 Å². The molecule has 1 aliphatic carbocycles. The molecule has 1 atom stereocenters. The third-order valence-electron chi connectivity index (χ3n) is 5.21. The fourth-order valence-corrected chi connectivity index (χ4v) is 3.47. The van der Waals surface area contributed by atoms with E-state index in [1.165, 1.54) is 56.4 Å². The smallest absolute Gasteiger partial charge is 0.0626 e. The first-order valence-corrected chi connectivity index (χ1v) is 8.96. The molecule has 122 valence electrons. The van der Waals surface area contributed by atoms with Gasteiger partial charge in [0.1, 0.15) is 0 Å². The molecule has 1 aliphatic heterocycles. The van der Waals surface area contributed by atoms with Gasteiger partial charge in [0.15, 0.2) is 0 Å². The monoisotopic (exact) mass is 302 g/mol. The van der Waals surface area contributed by atoms with Gasteiger partial charge in [-0.2, -0.15) is 0 Å². The third-order valence-corrected chi connectivity index (χ3v) is 5.21. The maximum atomic E-state index is 9.74. The van der Waals surface area contributed by atoms with Crippen LogP contribution in [0.15, 0.2) is 24.3 Å². The molecule has 0 bridgehead atoms. The Morgan fingerprint density at radius 3 is 2.36 bits per heavy atom. The van der Waals surface area contributed by atoms with Crippen molar-refractivity contribution in [3.8, 4) is 0 Å². The number of aliphatic hydroxyl groups is 1. The molecule has 1 heterocycles. The van der Waals surface area contributed by atoms with Crippen molar-refractivity contribution in [1.82, 2.24) is 10.2 Å². The average Bonchev–Trinajstić information content (AvgIpc) is 3.38. The Hall–Kier alpha value is -0.900. The van der Waals surface area contributed by atoms with Gasteiger partial charge in [-0.1, -0.05) is 31.2 Å². The number of nitrogens with zero attached hydrogens (tertiary/aromatic N) is 1. The third kappa shape index (κ3) is 4.31. The van der Waals surface area contributed by atoms with E-state index in [-0.39, 0.29) is 12.6 Å². The molecule has 0 radical (unpaired) electrons. The lowest BCUT2D eigenvalue weighted by atomic mass is 10.00. The Bertz CT molecular complexity index is 447. The van der Waals surface area contributed by atoms with E-state index in [1.54, 1.807) is 0 Å². The summed E-state index contributed by atoms with van der Waals surface area (Å²) in [4.78, 5) is 2.62. The van der Waals surface area contributed by atoms with Gasteiger partial charge in [-0.3, -0.25) is 0 Å². The minimum absolute atomic E-state index is 0.0749. The summed E-state index contributed by atoms with van der Waals surface area (Å²) in [5, 5.41) is 13.4. The van der Waals surface area contributed by atoms with Crippen LogP contribution in [-0.4, -0.2) is 42.3 Å². The van der Waals surface area contributed by atoms with Gasteiger partial charge < -0.3 is 15.3 Å². The molecule has 2 N–H and O–H groups in total. The molecule has 1 saturated carbocycles. The van der Waals surface area contributed by atoms with Crippen molar-refractivity contribution >= 4 is 0 Å². The lowest BCUT2D eigenvalue weighted by Crippen LogP contribution is -2.44. The minimum atomic E-state index is 0.0749. The number of hydrogen-bond acceptors (Lipinski definition) is 3. The van der Waals surface area contributed by atoms with E-state index in [2.05, 4.69) is 41.4 Å². The maximum Gasteiger partial charge on any atom is 0.0626 e. The summed E-state index contributed by atoms with van der Waals surface area (Å²) < 4.78 is 0. The molecule has 1 aromatic carbocycles. The lowest BCUT2D eigenvalue weighted by Gasteiger charge is -2.34. The number of rotatable bonds is 7. The molecule has 1 aromatic rings. The molecule has 0 amide bonds. The van der Waals surface area contributed by atoms with Gasteiger partial charge in [0.2, 0.25) is 0 Å². The molecule has 1 unspecified atom stereocenters. The molecule has 3 rings (SSSR count). The molecular weight excluding hydrogens is 272 g/mol. The second kappa shape index (κ2) is 7.58. The number of nitrogens with one attached hydrogen (secondary N) is 1. The molecule has 0 aromatic heterocycles. The Kier molecular flexibility index (Phi) is 5.51. The second-order valence-electron chi connectivity index (χ2n) is 7.02. The van der Waals surface area contributed by atoms with Gasteiger partial charge in [-0.05, 0) is 62.2 Å². The summed E-state index contributed by atoms with van der Waals surface area (Å²) in [6, 6.07) is 9.30. The average molecular weight is 302 g/mol. The molecule has 2 fully saturated rings. The summed E-state index contributed by atoms with van der Waals surface area (Å²) in [7, 11) is 0. The molecule has 2 aliphatic rings. The fraction of sp³-hybridized carbons (Fsp3) is 0.684. The van der Waals surface area contributed by atoms with Crippen LogP contribution in [0.5, 0.6) is 0 Å². The summed E-state index contributed by atoms with van der Waals surface area (Å²) >= 11 is 0. The highest BCUT2D eigenvalue weighted by atomic mass is 16.3. The SMILES string of the molecule is CCc1ccc(C(CO)NC2CCN(CC3CC3)CC2)cc1. The number of aliphatic hydroxyl groups excluding tert-OH is 1. The minimum Gasteiger partial charge on any atom is -0.394 e. The summed E-state index contributed by atoms with van der Waals surface area (Å²) in [6.45, 7) is 6.08. The largest absolute Gasteiger partial charge is 0.394 e. The van der Waals surface area contributed by atoms with Crippen molar-refractivity contribution in [2.45, 2.75) is 51.1 Å². The molecule has 3 heteroatoms. The Morgan fingerprint density at radius 1 is 1.14 bits per heavy atom. The van der Waals surface area contributed by atoms with E-state index >= 15 is 0 Å². The highest BCUT2D eigenvalue weighted by molar-refractivity contribution is 5.25. The Morgan fingerprint density at radius 2 is 1.82 bits per heavy atom. The summed E-state index contributed by atoms with van der Waals surface area (Å²) in [6.07, 6.45) is 6.36. The second-order valence-corrected chi connectivity index (χ2v) is 7.02. The van der Waals surface area contributed by atoms with E-state index in [0.717, 1.165) is 12.3 Å². The zero-order valence-corrected chi connectivity index (χ0v) is 13.8. The van der Waals surface area contributed by atoms with Gasteiger partial charge in [-0.15, -0.1) is 0 Å². The van der Waals surface area contributed by atoms with Crippen molar-refractivity contribution in [3.63, 3.8) is 0 Å². The predicted molar refractivity (Wildman–Crippen MR) is 91.0 cm³/mol. The quantitative estimate of drug-likeness (QED) is 0.813. The van der Waals surface area contributed by atoms with Crippen LogP contribution in [0.1, 0.15) is 49.8 Å². The van der Waals surface area contributed by atoms with Gasteiger partial charge in [-0.25, -0.2) is 0 Å². The first-order valence-electron chi connectivity index (χ1n) is 8.96. The molecule has 22 heavy (non-hydrogen) atoms. The van der Waals surface area contributed by atoms with Crippen molar-refractivity contribution in [3.05, 3.63) is 35.4 Å². The van der Waals surface area contributed by atoms with E-state index in [1.807, 2.05) is 0 Å². The van der Waals surface area contributed by atoms with Crippen LogP contribution in [0.2, 0.25) is 0 Å². The van der Waals surface area contributed by atoms with Crippen molar-refractivity contribution in [1.29, 1.82) is 0 Å². The molecule has 1 saturated heterocycles. The van der Waals surface area contributed by atoms with E-state index in [9.17, 15) is 5.11 Å². The van der Waals surface area contributed by atoms with Crippen molar-refractivity contribution < 1.29 is 5.11 Å². The standard InChI is InChI=1S/C19H30N2O/c1-2-15-5-7-17(8-6-15)19(14-22)20-18-9-11-21(12-10-18)13-16-3-4-16/h5-8,16,18-20,22H,2-4,9-14H2,1H3. The summed E-state index contributed by atoms with van der Waals surface area (Å²) in [5.74, 6) is 0.992. The van der Waals surface area contributed by atoms with E-state index in [0.29, 0.717) is 6.04 Å². The number of piperidine rings is 1. The maximum absolute atomic E-state index is 9.74. The van der Waals surface area contributed by atoms with Gasteiger partial charge in [0.25, 0.3) is 0 Å². The van der Waals surface area contributed by atoms with Crippen molar-refractivity contribution in [2.24, 2.45) is 5.92 Å². The zero-order chi connectivity index (χ0) is 15.4.